The quantitative estimate of drug-likeness (QED) is 0.934. The molecule has 0 radical (unpaired) electrons. The van der Waals surface area contributed by atoms with Gasteiger partial charge in [0.2, 0.25) is 5.91 Å². The number of anilines is 2. The highest BCUT2D eigenvalue weighted by Gasteiger charge is 2.26. The summed E-state index contributed by atoms with van der Waals surface area (Å²) < 4.78 is 0. The summed E-state index contributed by atoms with van der Waals surface area (Å²) in [6, 6.07) is 19.3. The number of amides is 1. The predicted molar refractivity (Wildman–Crippen MR) is 99.5 cm³/mol. The van der Waals surface area contributed by atoms with E-state index in [2.05, 4.69) is 33.3 Å². The molecule has 0 spiro atoms. The molecule has 1 heterocycles. The van der Waals surface area contributed by atoms with Gasteiger partial charge >= 0.3 is 0 Å². The van der Waals surface area contributed by atoms with Gasteiger partial charge < -0.3 is 10.2 Å². The van der Waals surface area contributed by atoms with Crippen molar-refractivity contribution in [2.45, 2.75) is 13.0 Å². The van der Waals surface area contributed by atoms with E-state index in [1.54, 1.807) is 18.2 Å². The number of nitrogens with one attached hydrogen (secondary N) is 1. The number of para-hydroxylation sites is 2. The average Bonchev–Trinajstić information content (AvgIpc) is 2.68. The largest absolute Gasteiger partial charge is 0.369 e. The average molecular weight is 334 g/mol. The summed E-state index contributed by atoms with van der Waals surface area (Å²) in [5.41, 5.74) is 2.28. The Morgan fingerprint density at radius 3 is 2.36 bits per heavy atom. The van der Waals surface area contributed by atoms with Crippen LogP contribution in [0.5, 0.6) is 0 Å². The van der Waals surface area contributed by atoms with Crippen molar-refractivity contribution in [1.82, 2.24) is 4.90 Å². The fraction of sp³-hybridized carbons (Fsp3) is 0.300. The minimum absolute atomic E-state index is 0.0733. The smallest absolute Gasteiger partial charge is 0.241 e. The summed E-state index contributed by atoms with van der Waals surface area (Å²) in [5.74, 6) is -0.0733. The first-order valence-corrected chi connectivity index (χ1v) is 8.53. The van der Waals surface area contributed by atoms with Crippen LogP contribution in [0.4, 0.5) is 11.4 Å². The number of nitrogens with zero attached hydrogens (tertiary/aromatic N) is 3. The number of hydrogen-bond donors (Lipinski definition) is 1. The topological polar surface area (TPSA) is 59.4 Å². The van der Waals surface area contributed by atoms with Gasteiger partial charge in [-0.3, -0.25) is 9.69 Å². The Kier molecular flexibility index (Phi) is 5.32. The third kappa shape index (κ3) is 3.98. The fourth-order valence-electron chi connectivity index (χ4n) is 3.10. The van der Waals surface area contributed by atoms with Crippen LogP contribution in [-0.4, -0.2) is 43.0 Å². The van der Waals surface area contributed by atoms with Crippen molar-refractivity contribution in [2.24, 2.45) is 0 Å². The summed E-state index contributed by atoms with van der Waals surface area (Å²) in [6.07, 6.45) is 0. The summed E-state index contributed by atoms with van der Waals surface area (Å²) in [7, 11) is 0. The Balaban J connectivity index is 1.58. The Hall–Kier alpha value is -2.84. The molecule has 2 aromatic rings. The molecule has 3 rings (SSSR count). The van der Waals surface area contributed by atoms with Gasteiger partial charge in [-0.05, 0) is 31.2 Å². The summed E-state index contributed by atoms with van der Waals surface area (Å²) in [6.45, 7) is 5.39. The number of hydrogen-bond acceptors (Lipinski definition) is 4. The number of piperazine rings is 1. The van der Waals surface area contributed by atoms with E-state index in [-0.39, 0.29) is 11.9 Å². The zero-order chi connectivity index (χ0) is 17.6. The van der Waals surface area contributed by atoms with Crippen LogP contribution in [0, 0.1) is 11.3 Å². The highest BCUT2D eigenvalue weighted by Crippen LogP contribution is 2.18. The first kappa shape index (κ1) is 17.0. The zero-order valence-electron chi connectivity index (χ0n) is 14.4. The molecule has 1 N–H and O–H groups in total. The Morgan fingerprint density at radius 2 is 1.68 bits per heavy atom. The summed E-state index contributed by atoms with van der Waals surface area (Å²) >= 11 is 0. The van der Waals surface area contributed by atoms with Crippen LogP contribution in [0.2, 0.25) is 0 Å². The van der Waals surface area contributed by atoms with Gasteiger partial charge in [0.1, 0.15) is 6.07 Å². The lowest BCUT2D eigenvalue weighted by molar-refractivity contribution is -0.120. The van der Waals surface area contributed by atoms with Crippen molar-refractivity contribution in [3.8, 4) is 6.07 Å². The monoisotopic (exact) mass is 334 g/mol. The third-order valence-electron chi connectivity index (χ3n) is 4.67. The lowest BCUT2D eigenvalue weighted by Gasteiger charge is -2.38. The number of benzene rings is 2. The van der Waals surface area contributed by atoms with Crippen LogP contribution in [0.15, 0.2) is 54.6 Å². The van der Waals surface area contributed by atoms with Crippen LogP contribution in [0.3, 0.4) is 0 Å². The number of nitriles is 1. The van der Waals surface area contributed by atoms with Gasteiger partial charge in [-0.1, -0.05) is 30.3 Å². The molecule has 1 fully saturated rings. The Labute approximate surface area is 148 Å². The minimum atomic E-state index is -0.232. The molecule has 0 unspecified atom stereocenters. The highest BCUT2D eigenvalue weighted by atomic mass is 16.2. The van der Waals surface area contributed by atoms with Crippen molar-refractivity contribution >= 4 is 17.3 Å². The maximum absolute atomic E-state index is 12.6. The van der Waals surface area contributed by atoms with Crippen LogP contribution in [-0.2, 0) is 4.79 Å². The molecule has 1 atom stereocenters. The predicted octanol–water partition coefficient (Wildman–Crippen LogP) is 2.71. The normalized spacial score (nSPS) is 16.1. The van der Waals surface area contributed by atoms with Crippen LogP contribution in [0.25, 0.3) is 0 Å². The van der Waals surface area contributed by atoms with Gasteiger partial charge in [-0.2, -0.15) is 5.26 Å². The summed E-state index contributed by atoms with van der Waals surface area (Å²) in [5, 5.41) is 12.0. The van der Waals surface area contributed by atoms with Gasteiger partial charge in [-0.15, -0.1) is 0 Å². The first-order valence-electron chi connectivity index (χ1n) is 8.53. The third-order valence-corrected chi connectivity index (χ3v) is 4.67. The van der Waals surface area contributed by atoms with Gasteiger partial charge in [0.05, 0.1) is 17.3 Å². The standard InChI is InChI=1S/C20H22N4O/c1-16(20(25)22-19-10-6-5-7-17(19)15-21)23-11-13-24(14-12-23)18-8-3-2-4-9-18/h2-10,16H,11-14H2,1H3,(H,22,25)/t16-/m0/s1. The summed E-state index contributed by atoms with van der Waals surface area (Å²) in [4.78, 5) is 17.1. The second-order valence-corrected chi connectivity index (χ2v) is 6.18. The molecule has 25 heavy (non-hydrogen) atoms. The second-order valence-electron chi connectivity index (χ2n) is 6.18. The van der Waals surface area contributed by atoms with E-state index in [0.717, 1.165) is 26.2 Å². The number of rotatable bonds is 4. The molecule has 5 heteroatoms. The maximum Gasteiger partial charge on any atom is 0.241 e. The second kappa shape index (κ2) is 7.82. The minimum Gasteiger partial charge on any atom is -0.369 e. The molecule has 1 saturated heterocycles. The van der Waals surface area contributed by atoms with Crippen LogP contribution in [0.1, 0.15) is 12.5 Å². The van der Waals surface area contributed by atoms with Crippen molar-refractivity contribution in [3.63, 3.8) is 0 Å². The van der Waals surface area contributed by atoms with Gasteiger partial charge in [0.15, 0.2) is 0 Å². The van der Waals surface area contributed by atoms with E-state index in [4.69, 9.17) is 5.26 Å². The van der Waals surface area contributed by atoms with E-state index >= 15 is 0 Å². The van der Waals surface area contributed by atoms with E-state index in [1.807, 2.05) is 31.2 Å². The van der Waals surface area contributed by atoms with Crippen LogP contribution >= 0.6 is 0 Å². The van der Waals surface area contributed by atoms with E-state index in [0.29, 0.717) is 11.3 Å². The van der Waals surface area contributed by atoms with Crippen molar-refractivity contribution < 1.29 is 4.79 Å². The lowest BCUT2D eigenvalue weighted by atomic mass is 10.1. The van der Waals surface area contributed by atoms with Gasteiger partial charge in [0, 0.05) is 31.9 Å². The van der Waals surface area contributed by atoms with Gasteiger partial charge in [-0.25, -0.2) is 0 Å². The zero-order valence-corrected chi connectivity index (χ0v) is 14.4. The van der Waals surface area contributed by atoms with Crippen LogP contribution < -0.4 is 10.2 Å². The van der Waals surface area contributed by atoms with Gasteiger partial charge in [0.25, 0.3) is 0 Å². The fourth-order valence-corrected chi connectivity index (χ4v) is 3.10. The van der Waals surface area contributed by atoms with Crippen molar-refractivity contribution in [2.75, 3.05) is 36.4 Å². The molecule has 0 aliphatic carbocycles. The molecule has 1 aliphatic rings. The molecule has 0 saturated carbocycles. The number of carbonyl (C=O) groups excluding carboxylic acids is 1. The molecule has 1 aliphatic heterocycles. The number of carbonyl (C=O) groups is 1. The Bertz CT molecular complexity index is 761. The van der Waals surface area contributed by atoms with Crippen molar-refractivity contribution in [1.29, 1.82) is 5.26 Å². The van der Waals surface area contributed by atoms with Crippen molar-refractivity contribution in [3.05, 3.63) is 60.2 Å². The first-order chi connectivity index (χ1) is 12.2. The maximum atomic E-state index is 12.6. The van der Waals surface area contributed by atoms with E-state index in [9.17, 15) is 4.79 Å². The lowest BCUT2D eigenvalue weighted by Crippen LogP contribution is -2.52. The molecule has 0 aromatic heterocycles. The molecule has 0 bridgehead atoms. The molecule has 128 valence electrons. The SMILES string of the molecule is C[C@@H](C(=O)Nc1ccccc1C#N)N1CCN(c2ccccc2)CC1. The molecular formula is C20H22N4O. The van der Waals surface area contributed by atoms with E-state index < -0.39 is 0 Å². The molecular weight excluding hydrogens is 312 g/mol. The van der Waals surface area contributed by atoms with E-state index in [1.165, 1.54) is 5.69 Å². The Morgan fingerprint density at radius 1 is 1.04 bits per heavy atom. The highest BCUT2D eigenvalue weighted by molar-refractivity contribution is 5.95. The molecule has 5 nitrogen and oxygen atoms in total. The molecule has 2 aromatic carbocycles. The molecule has 1 amide bonds.